The summed E-state index contributed by atoms with van der Waals surface area (Å²) in [6, 6.07) is 6.07. The molecule has 1 fully saturated rings. The first-order valence-electron chi connectivity index (χ1n) is 8.42. The number of sulfonamides is 1. The first kappa shape index (κ1) is 18.9. The Kier molecular flexibility index (Phi) is 7.20. The summed E-state index contributed by atoms with van der Waals surface area (Å²) in [6.07, 6.45) is 5.82. The fourth-order valence-electron chi connectivity index (χ4n) is 2.81. The number of hydrogen-bond acceptors (Lipinski definition) is 4. The highest BCUT2D eigenvalue weighted by atomic mass is 32.2. The summed E-state index contributed by atoms with van der Waals surface area (Å²) in [6.45, 7) is 1.11. The molecule has 0 saturated heterocycles. The van der Waals surface area contributed by atoms with E-state index in [2.05, 4.69) is 10.0 Å². The molecule has 7 heteroatoms. The normalized spacial score (nSPS) is 16.0. The predicted molar refractivity (Wildman–Crippen MR) is 92.5 cm³/mol. The molecule has 1 aliphatic rings. The number of carbonyl (C=O) groups is 1. The summed E-state index contributed by atoms with van der Waals surface area (Å²) in [4.78, 5) is 12.2. The molecule has 1 aromatic carbocycles. The molecule has 0 radical (unpaired) electrons. The van der Waals surface area contributed by atoms with Crippen molar-refractivity contribution in [3.63, 3.8) is 0 Å². The summed E-state index contributed by atoms with van der Waals surface area (Å²) in [7, 11) is -1.91. The van der Waals surface area contributed by atoms with E-state index in [9.17, 15) is 13.2 Å². The van der Waals surface area contributed by atoms with Gasteiger partial charge in [0.15, 0.2) is 0 Å². The number of amides is 1. The van der Waals surface area contributed by atoms with E-state index in [1.807, 2.05) is 0 Å². The second-order valence-corrected chi connectivity index (χ2v) is 7.80. The zero-order valence-corrected chi connectivity index (χ0v) is 14.9. The van der Waals surface area contributed by atoms with Gasteiger partial charge in [-0.05, 0) is 43.5 Å². The SMILES string of the molecule is COCCCNC(=O)c1ccc(S(=O)(=O)NC2CCCCC2)cc1. The van der Waals surface area contributed by atoms with Crippen LogP contribution in [0, 0.1) is 0 Å². The van der Waals surface area contributed by atoms with E-state index in [4.69, 9.17) is 4.74 Å². The largest absolute Gasteiger partial charge is 0.385 e. The molecule has 0 spiro atoms. The van der Waals surface area contributed by atoms with Crippen molar-refractivity contribution in [2.45, 2.75) is 49.5 Å². The van der Waals surface area contributed by atoms with Crippen molar-refractivity contribution < 1.29 is 17.9 Å². The van der Waals surface area contributed by atoms with Gasteiger partial charge >= 0.3 is 0 Å². The summed E-state index contributed by atoms with van der Waals surface area (Å²) < 4.78 is 32.5. The second-order valence-electron chi connectivity index (χ2n) is 6.08. The maximum absolute atomic E-state index is 12.4. The monoisotopic (exact) mass is 354 g/mol. The maximum atomic E-state index is 12.4. The van der Waals surface area contributed by atoms with E-state index < -0.39 is 10.0 Å². The van der Waals surface area contributed by atoms with Crippen LogP contribution in [0.4, 0.5) is 0 Å². The first-order valence-corrected chi connectivity index (χ1v) is 9.91. The molecule has 0 heterocycles. The van der Waals surface area contributed by atoms with E-state index in [-0.39, 0.29) is 16.8 Å². The van der Waals surface area contributed by atoms with Crippen LogP contribution in [0.15, 0.2) is 29.2 Å². The van der Waals surface area contributed by atoms with Gasteiger partial charge in [-0.25, -0.2) is 13.1 Å². The highest BCUT2D eigenvalue weighted by Crippen LogP contribution is 2.20. The average Bonchev–Trinajstić information content (AvgIpc) is 2.59. The number of methoxy groups -OCH3 is 1. The van der Waals surface area contributed by atoms with Crippen molar-refractivity contribution in [2.75, 3.05) is 20.3 Å². The fraction of sp³-hybridized carbons (Fsp3) is 0.588. The summed E-state index contributed by atoms with van der Waals surface area (Å²) >= 11 is 0. The van der Waals surface area contributed by atoms with Gasteiger partial charge in [-0.1, -0.05) is 19.3 Å². The molecule has 24 heavy (non-hydrogen) atoms. The van der Waals surface area contributed by atoms with Crippen LogP contribution in [0.25, 0.3) is 0 Å². The van der Waals surface area contributed by atoms with Gasteiger partial charge in [0.05, 0.1) is 4.90 Å². The van der Waals surface area contributed by atoms with Gasteiger partial charge in [-0.3, -0.25) is 4.79 Å². The van der Waals surface area contributed by atoms with Crippen LogP contribution in [0.5, 0.6) is 0 Å². The molecule has 1 aliphatic carbocycles. The Morgan fingerprint density at radius 3 is 2.46 bits per heavy atom. The average molecular weight is 354 g/mol. The highest BCUT2D eigenvalue weighted by molar-refractivity contribution is 7.89. The van der Waals surface area contributed by atoms with Crippen LogP contribution in [0.2, 0.25) is 0 Å². The van der Waals surface area contributed by atoms with Gasteiger partial charge < -0.3 is 10.1 Å². The Morgan fingerprint density at radius 2 is 1.83 bits per heavy atom. The van der Waals surface area contributed by atoms with Gasteiger partial charge in [-0.2, -0.15) is 0 Å². The molecule has 6 nitrogen and oxygen atoms in total. The van der Waals surface area contributed by atoms with Crippen LogP contribution in [0.3, 0.4) is 0 Å². The van der Waals surface area contributed by atoms with Crippen molar-refractivity contribution in [3.05, 3.63) is 29.8 Å². The molecule has 1 amide bonds. The molecule has 0 bridgehead atoms. The van der Waals surface area contributed by atoms with Crippen LogP contribution < -0.4 is 10.0 Å². The lowest BCUT2D eigenvalue weighted by molar-refractivity contribution is 0.0948. The van der Waals surface area contributed by atoms with Crippen LogP contribution >= 0.6 is 0 Å². The smallest absolute Gasteiger partial charge is 0.251 e. The minimum Gasteiger partial charge on any atom is -0.385 e. The number of rotatable bonds is 8. The predicted octanol–water partition coefficient (Wildman–Crippen LogP) is 2.06. The Balaban J connectivity index is 1.93. The first-order chi connectivity index (χ1) is 11.5. The van der Waals surface area contributed by atoms with Crippen molar-refractivity contribution in [1.29, 1.82) is 0 Å². The highest BCUT2D eigenvalue weighted by Gasteiger charge is 2.21. The Bertz CT molecular complexity index is 622. The Morgan fingerprint density at radius 1 is 1.17 bits per heavy atom. The zero-order valence-electron chi connectivity index (χ0n) is 14.1. The number of nitrogens with one attached hydrogen (secondary N) is 2. The third kappa shape index (κ3) is 5.58. The van der Waals surface area contributed by atoms with E-state index in [0.29, 0.717) is 18.7 Å². The van der Waals surface area contributed by atoms with Gasteiger partial charge in [-0.15, -0.1) is 0 Å². The van der Waals surface area contributed by atoms with Crippen LogP contribution in [-0.4, -0.2) is 40.6 Å². The summed E-state index contributed by atoms with van der Waals surface area (Å²) in [5.74, 6) is -0.213. The molecular formula is C17H26N2O4S. The lowest BCUT2D eigenvalue weighted by Gasteiger charge is -2.22. The standard InChI is InChI=1S/C17H26N2O4S/c1-23-13-5-12-18-17(20)14-8-10-16(11-9-14)24(21,22)19-15-6-3-2-4-7-15/h8-11,15,19H,2-7,12-13H2,1H3,(H,18,20). The third-order valence-electron chi connectivity index (χ3n) is 4.16. The molecule has 2 rings (SSSR count). The van der Waals surface area contributed by atoms with Gasteiger partial charge in [0.2, 0.25) is 10.0 Å². The van der Waals surface area contributed by atoms with Crippen molar-refractivity contribution in [2.24, 2.45) is 0 Å². The molecule has 0 aromatic heterocycles. The van der Waals surface area contributed by atoms with E-state index in [0.717, 1.165) is 32.1 Å². The quantitative estimate of drug-likeness (QED) is 0.700. The van der Waals surface area contributed by atoms with Crippen LogP contribution in [0.1, 0.15) is 48.9 Å². The number of carbonyl (C=O) groups excluding carboxylic acids is 1. The lowest BCUT2D eigenvalue weighted by atomic mass is 9.96. The Labute approximate surface area is 144 Å². The number of hydrogen-bond donors (Lipinski definition) is 2. The lowest BCUT2D eigenvalue weighted by Crippen LogP contribution is -2.36. The molecule has 1 saturated carbocycles. The third-order valence-corrected chi connectivity index (χ3v) is 5.70. The number of benzene rings is 1. The maximum Gasteiger partial charge on any atom is 0.251 e. The summed E-state index contributed by atoms with van der Waals surface area (Å²) in [5.41, 5.74) is 0.448. The Hall–Kier alpha value is -1.44. The van der Waals surface area contributed by atoms with Crippen LogP contribution in [-0.2, 0) is 14.8 Å². The van der Waals surface area contributed by atoms with E-state index in [1.165, 1.54) is 18.6 Å². The van der Waals surface area contributed by atoms with Crippen molar-refractivity contribution >= 4 is 15.9 Å². The zero-order chi connectivity index (χ0) is 17.4. The minimum absolute atomic E-state index is 0.0208. The fourth-order valence-corrected chi connectivity index (χ4v) is 4.12. The van der Waals surface area contributed by atoms with Gasteiger partial charge in [0.25, 0.3) is 5.91 Å². The molecule has 0 unspecified atom stereocenters. The molecule has 2 N–H and O–H groups in total. The van der Waals surface area contributed by atoms with E-state index in [1.54, 1.807) is 19.2 Å². The molecular weight excluding hydrogens is 328 g/mol. The van der Waals surface area contributed by atoms with Crippen molar-refractivity contribution in [1.82, 2.24) is 10.0 Å². The topological polar surface area (TPSA) is 84.5 Å². The molecule has 0 aliphatic heterocycles. The summed E-state index contributed by atoms with van der Waals surface area (Å²) in [5, 5.41) is 2.77. The van der Waals surface area contributed by atoms with Gasteiger partial charge in [0.1, 0.15) is 0 Å². The van der Waals surface area contributed by atoms with Crippen molar-refractivity contribution in [3.8, 4) is 0 Å². The molecule has 0 atom stereocenters. The molecule has 134 valence electrons. The minimum atomic E-state index is -3.52. The van der Waals surface area contributed by atoms with Gasteiger partial charge in [0, 0.05) is 31.9 Å². The molecule has 1 aromatic rings. The van der Waals surface area contributed by atoms with E-state index >= 15 is 0 Å². The number of ether oxygens (including phenoxy) is 1. The second kappa shape index (κ2) is 9.15.